The molecule has 1 amide bonds. The number of benzene rings is 1. The Labute approximate surface area is 136 Å². The highest BCUT2D eigenvalue weighted by Gasteiger charge is 2.35. The average molecular weight is 343 g/mol. The molecule has 0 spiro atoms. The van der Waals surface area contributed by atoms with Crippen LogP contribution >= 0.6 is 11.6 Å². The van der Waals surface area contributed by atoms with Crippen molar-refractivity contribution >= 4 is 41.1 Å². The van der Waals surface area contributed by atoms with E-state index in [1.165, 1.54) is 24.3 Å². The first-order valence-electron chi connectivity index (χ1n) is 6.32. The normalized spacial score (nSPS) is 12.7. The van der Waals surface area contributed by atoms with Gasteiger partial charge in [0.25, 0.3) is 5.91 Å². The average Bonchev–Trinajstić information content (AvgIpc) is 2.44. The smallest absolute Gasteiger partial charge is 0.303 e. The topological polar surface area (TPSA) is 122 Å². The molecule has 0 aliphatic carbocycles. The fourth-order valence-corrected chi connectivity index (χ4v) is 1.72. The van der Waals surface area contributed by atoms with Crippen LogP contribution in [-0.2, 0) is 28.7 Å². The Morgan fingerprint density at radius 1 is 1.00 bits per heavy atom. The Hall–Kier alpha value is -2.61. The number of rotatable bonds is 6. The molecule has 1 aromatic rings. The van der Waals surface area contributed by atoms with E-state index in [9.17, 15) is 24.3 Å². The molecule has 0 aliphatic heterocycles. The predicted molar refractivity (Wildman–Crippen MR) is 76.2 cm³/mol. The Kier molecular flexibility index (Phi) is 6.52. The number of anilines is 1. The van der Waals surface area contributed by atoms with Crippen LogP contribution in [0.15, 0.2) is 24.3 Å². The Morgan fingerprint density at radius 3 is 1.91 bits per heavy atom. The molecule has 2 atom stereocenters. The van der Waals surface area contributed by atoms with Crippen molar-refractivity contribution in [2.75, 3.05) is 5.32 Å². The summed E-state index contributed by atoms with van der Waals surface area (Å²) in [6.07, 6.45) is -3.99. The molecule has 0 heterocycles. The third kappa shape index (κ3) is 5.95. The maximum atomic E-state index is 12.2. The molecule has 1 rings (SSSR count). The van der Waals surface area contributed by atoms with Gasteiger partial charge >= 0.3 is 11.9 Å². The molecule has 23 heavy (non-hydrogen) atoms. The molecular weight excluding hydrogens is 330 g/mol. The van der Waals surface area contributed by atoms with Crippen molar-refractivity contribution in [3.05, 3.63) is 29.3 Å². The summed E-state index contributed by atoms with van der Waals surface area (Å²) in [5.74, 6) is -4.79. The molecule has 0 saturated carbocycles. The molecule has 0 bridgehead atoms. The summed E-state index contributed by atoms with van der Waals surface area (Å²) in [6.45, 7) is 1.92. The number of halogens is 1. The number of carboxylic acid groups (broad SMARTS) is 1. The summed E-state index contributed by atoms with van der Waals surface area (Å²) < 4.78 is 9.15. The van der Waals surface area contributed by atoms with Crippen molar-refractivity contribution in [2.24, 2.45) is 0 Å². The zero-order chi connectivity index (χ0) is 17.6. The van der Waals surface area contributed by atoms with Crippen LogP contribution < -0.4 is 10.4 Å². The Bertz CT molecular complexity index is 614. The van der Waals surface area contributed by atoms with Crippen LogP contribution in [0.2, 0.25) is 5.02 Å². The zero-order valence-corrected chi connectivity index (χ0v) is 13.0. The maximum Gasteiger partial charge on any atom is 0.303 e. The SMILES string of the molecule is CC(=O)O[C@H](C(=O)[O-])[C@H](OC(C)=O)C(=O)Nc1ccc(Cl)cc1. The third-order valence-electron chi connectivity index (χ3n) is 2.46. The van der Waals surface area contributed by atoms with E-state index in [4.69, 9.17) is 11.6 Å². The van der Waals surface area contributed by atoms with Crippen LogP contribution in [0.3, 0.4) is 0 Å². The van der Waals surface area contributed by atoms with Crippen LogP contribution in [0.25, 0.3) is 0 Å². The van der Waals surface area contributed by atoms with E-state index >= 15 is 0 Å². The van der Waals surface area contributed by atoms with Gasteiger partial charge in [-0.2, -0.15) is 0 Å². The number of aliphatic carboxylic acids is 1. The summed E-state index contributed by atoms with van der Waals surface area (Å²) in [5, 5.41) is 13.8. The van der Waals surface area contributed by atoms with Crippen LogP contribution in [0.4, 0.5) is 5.69 Å². The molecule has 0 saturated heterocycles. The lowest BCUT2D eigenvalue weighted by Crippen LogP contribution is -2.52. The fourth-order valence-electron chi connectivity index (χ4n) is 1.59. The second-order valence-electron chi connectivity index (χ2n) is 4.38. The number of carbonyl (C=O) groups is 4. The van der Waals surface area contributed by atoms with Crippen molar-refractivity contribution in [1.82, 2.24) is 0 Å². The molecule has 0 aliphatic rings. The fraction of sp³-hybridized carbons (Fsp3) is 0.286. The summed E-state index contributed by atoms with van der Waals surface area (Å²) in [7, 11) is 0. The molecular formula is C14H13ClNO7-. The second-order valence-corrected chi connectivity index (χ2v) is 4.81. The Balaban J connectivity index is 3.00. The van der Waals surface area contributed by atoms with Gasteiger partial charge in [0.15, 0.2) is 6.10 Å². The van der Waals surface area contributed by atoms with Gasteiger partial charge in [0.1, 0.15) is 0 Å². The van der Waals surface area contributed by atoms with Gasteiger partial charge in [0.05, 0.1) is 5.97 Å². The number of nitrogens with one attached hydrogen (secondary N) is 1. The lowest BCUT2D eigenvalue weighted by molar-refractivity contribution is -0.318. The van der Waals surface area contributed by atoms with Crippen molar-refractivity contribution in [1.29, 1.82) is 0 Å². The summed E-state index contributed by atoms with van der Waals surface area (Å²) in [5.41, 5.74) is 0.275. The molecule has 1 N–H and O–H groups in total. The quantitative estimate of drug-likeness (QED) is 0.716. The van der Waals surface area contributed by atoms with Gasteiger partial charge in [0, 0.05) is 24.6 Å². The second kappa shape index (κ2) is 8.14. The van der Waals surface area contributed by atoms with E-state index in [0.29, 0.717) is 5.02 Å². The van der Waals surface area contributed by atoms with Gasteiger partial charge in [-0.1, -0.05) is 11.6 Å². The number of amides is 1. The largest absolute Gasteiger partial charge is 0.546 e. The van der Waals surface area contributed by atoms with E-state index < -0.39 is 36.0 Å². The van der Waals surface area contributed by atoms with Gasteiger partial charge in [0.2, 0.25) is 6.10 Å². The van der Waals surface area contributed by atoms with Crippen LogP contribution in [-0.4, -0.2) is 36.0 Å². The van der Waals surface area contributed by atoms with E-state index in [2.05, 4.69) is 14.8 Å². The van der Waals surface area contributed by atoms with Crippen molar-refractivity contribution in [3.63, 3.8) is 0 Å². The number of carboxylic acids is 1. The highest BCUT2D eigenvalue weighted by molar-refractivity contribution is 6.30. The minimum absolute atomic E-state index is 0.275. The van der Waals surface area contributed by atoms with E-state index in [1.54, 1.807) is 0 Å². The summed E-state index contributed by atoms with van der Waals surface area (Å²) >= 11 is 5.70. The molecule has 8 nitrogen and oxygen atoms in total. The van der Waals surface area contributed by atoms with Crippen molar-refractivity contribution in [3.8, 4) is 0 Å². The summed E-state index contributed by atoms with van der Waals surface area (Å²) in [4.78, 5) is 45.3. The first-order valence-corrected chi connectivity index (χ1v) is 6.70. The van der Waals surface area contributed by atoms with Gasteiger partial charge in [-0.25, -0.2) is 0 Å². The highest BCUT2D eigenvalue weighted by atomic mass is 35.5. The van der Waals surface area contributed by atoms with Gasteiger partial charge in [-0.15, -0.1) is 0 Å². The van der Waals surface area contributed by atoms with Gasteiger partial charge < -0.3 is 24.7 Å². The standard InChI is InChI=1S/C14H14ClNO7/c1-7(17)22-11(12(14(20)21)23-8(2)18)13(19)16-10-5-3-9(15)4-6-10/h3-6,11-12H,1-2H3,(H,16,19)(H,20,21)/p-1/t11-,12-/m0/s1. The van der Waals surface area contributed by atoms with Gasteiger partial charge in [-0.05, 0) is 24.3 Å². The minimum Gasteiger partial charge on any atom is -0.546 e. The number of ether oxygens (including phenoxy) is 2. The number of carbonyl (C=O) groups excluding carboxylic acids is 4. The molecule has 0 fully saturated rings. The Morgan fingerprint density at radius 2 is 1.48 bits per heavy atom. The number of esters is 2. The van der Waals surface area contributed by atoms with Crippen molar-refractivity contribution < 1.29 is 33.8 Å². The molecule has 124 valence electrons. The number of hydrogen-bond donors (Lipinski definition) is 1. The lowest BCUT2D eigenvalue weighted by Gasteiger charge is -2.26. The maximum absolute atomic E-state index is 12.2. The molecule has 0 unspecified atom stereocenters. The minimum atomic E-state index is -2.08. The van der Waals surface area contributed by atoms with Crippen LogP contribution in [0.5, 0.6) is 0 Å². The van der Waals surface area contributed by atoms with Crippen molar-refractivity contribution in [2.45, 2.75) is 26.1 Å². The monoisotopic (exact) mass is 342 g/mol. The van der Waals surface area contributed by atoms with E-state index in [0.717, 1.165) is 13.8 Å². The van der Waals surface area contributed by atoms with Crippen LogP contribution in [0, 0.1) is 0 Å². The first-order chi connectivity index (χ1) is 10.7. The lowest BCUT2D eigenvalue weighted by atomic mass is 10.1. The summed E-state index contributed by atoms with van der Waals surface area (Å²) in [6, 6.07) is 5.87. The predicted octanol–water partition coefficient (Wildman–Crippen LogP) is -0.108. The molecule has 0 aromatic heterocycles. The molecule has 1 aromatic carbocycles. The highest BCUT2D eigenvalue weighted by Crippen LogP contribution is 2.15. The van der Waals surface area contributed by atoms with Gasteiger partial charge in [-0.3, -0.25) is 14.4 Å². The third-order valence-corrected chi connectivity index (χ3v) is 2.72. The van der Waals surface area contributed by atoms with E-state index in [-0.39, 0.29) is 5.69 Å². The van der Waals surface area contributed by atoms with E-state index in [1.807, 2.05) is 0 Å². The molecule has 0 radical (unpaired) electrons. The zero-order valence-electron chi connectivity index (χ0n) is 12.2. The molecule has 9 heteroatoms. The first kappa shape index (κ1) is 18.4. The number of hydrogen-bond acceptors (Lipinski definition) is 7. The van der Waals surface area contributed by atoms with Crippen LogP contribution in [0.1, 0.15) is 13.8 Å².